The molecule has 0 heterocycles. The minimum Gasteiger partial charge on any atom is -0.348 e. The van der Waals surface area contributed by atoms with Crippen LogP contribution in [0.4, 0.5) is 4.39 Å². The molecule has 0 aliphatic heterocycles. The molecule has 0 radical (unpaired) electrons. The lowest BCUT2D eigenvalue weighted by Gasteiger charge is -2.07. The van der Waals surface area contributed by atoms with E-state index in [1.54, 1.807) is 6.07 Å². The van der Waals surface area contributed by atoms with Crippen molar-refractivity contribution in [2.24, 2.45) is 0 Å². The second kappa shape index (κ2) is 5.97. The van der Waals surface area contributed by atoms with Gasteiger partial charge >= 0.3 is 0 Å². The van der Waals surface area contributed by atoms with Crippen LogP contribution in [0.5, 0.6) is 0 Å². The van der Waals surface area contributed by atoms with E-state index >= 15 is 0 Å². The van der Waals surface area contributed by atoms with Crippen LogP contribution in [0.1, 0.15) is 21.5 Å². The third-order valence-electron chi connectivity index (χ3n) is 2.75. The maximum atomic E-state index is 13.6. The molecule has 1 amide bonds. The molecule has 0 aliphatic carbocycles. The van der Waals surface area contributed by atoms with Gasteiger partial charge in [0, 0.05) is 11.0 Å². The maximum absolute atomic E-state index is 13.6. The average molecular weight is 322 g/mol. The summed E-state index contributed by atoms with van der Waals surface area (Å²) in [7, 11) is 0. The molecule has 0 bridgehead atoms. The number of carbonyl (C=O) groups is 1. The molecular formula is C15H13BrFNO. The van der Waals surface area contributed by atoms with Gasteiger partial charge in [0.15, 0.2) is 0 Å². The van der Waals surface area contributed by atoms with Crippen LogP contribution in [-0.2, 0) is 6.54 Å². The van der Waals surface area contributed by atoms with Gasteiger partial charge in [0.05, 0.1) is 5.56 Å². The summed E-state index contributed by atoms with van der Waals surface area (Å²) in [6.07, 6.45) is 0. The number of hydrogen-bond acceptors (Lipinski definition) is 1. The molecule has 98 valence electrons. The van der Waals surface area contributed by atoms with E-state index in [-0.39, 0.29) is 5.56 Å². The number of nitrogens with one attached hydrogen (secondary N) is 1. The first-order valence-electron chi connectivity index (χ1n) is 5.85. The van der Waals surface area contributed by atoms with Crippen LogP contribution in [0.25, 0.3) is 0 Å². The van der Waals surface area contributed by atoms with Crippen molar-refractivity contribution in [2.45, 2.75) is 13.5 Å². The minimum atomic E-state index is -0.532. The smallest absolute Gasteiger partial charge is 0.254 e. The van der Waals surface area contributed by atoms with Crippen molar-refractivity contribution in [3.8, 4) is 0 Å². The lowest BCUT2D eigenvalue weighted by molar-refractivity contribution is 0.0947. The van der Waals surface area contributed by atoms with Crippen molar-refractivity contribution >= 4 is 21.8 Å². The normalized spacial score (nSPS) is 10.3. The van der Waals surface area contributed by atoms with Crippen molar-refractivity contribution in [3.05, 3.63) is 69.4 Å². The highest BCUT2D eigenvalue weighted by Crippen LogP contribution is 2.15. The fraction of sp³-hybridized carbons (Fsp3) is 0.133. The van der Waals surface area contributed by atoms with Crippen LogP contribution in [0, 0.1) is 12.7 Å². The largest absolute Gasteiger partial charge is 0.348 e. The molecule has 0 aliphatic rings. The monoisotopic (exact) mass is 321 g/mol. The first-order chi connectivity index (χ1) is 9.06. The van der Waals surface area contributed by atoms with E-state index in [0.717, 1.165) is 11.1 Å². The zero-order valence-electron chi connectivity index (χ0n) is 10.4. The van der Waals surface area contributed by atoms with E-state index in [0.29, 0.717) is 11.0 Å². The fourth-order valence-electron chi connectivity index (χ4n) is 1.66. The van der Waals surface area contributed by atoms with Crippen LogP contribution in [0.15, 0.2) is 46.9 Å². The summed E-state index contributed by atoms with van der Waals surface area (Å²) in [5, 5.41) is 2.70. The summed E-state index contributed by atoms with van der Waals surface area (Å²) < 4.78 is 14.2. The summed E-state index contributed by atoms with van der Waals surface area (Å²) >= 11 is 3.16. The molecule has 1 N–H and O–H groups in total. The summed E-state index contributed by atoms with van der Waals surface area (Å²) in [6.45, 7) is 2.38. The summed E-state index contributed by atoms with van der Waals surface area (Å²) in [5.41, 5.74) is 2.20. The van der Waals surface area contributed by atoms with E-state index < -0.39 is 11.7 Å². The molecule has 19 heavy (non-hydrogen) atoms. The summed E-state index contributed by atoms with van der Waals surface area (Å²) in [5.74, 6) is -0.943. The second-order valence-corrected chi connectivity index (χ2v) is 5.21. The average Bonchev–Trinajstić information content (AvgIpc) is 2.37. The zero-order valence-corrected chi connectivity index (χ0v) is 12.0. The maximum Gasteiger partial charge on any atom is 0.254 e. The highest BCUT2D eigenvalue weighted by Gasteiger charge is 2.11. The van der Waals surface area contributed by atoms with E-state index in [4.69, 9.17) is 0 Å². The molecule has 0 unspecified atom stereocenters. The van der Waals surface area contributed by atoms with Crippen molar-refractivity contribution in [3.63, 3.8) is 0 Å². The highest BCUT2D eigenvalue weighted by atomic mass is 79.9. The Kier molecular flexibility index (Phi) is 4.32. The Balaban J connectivity index is 2.03. The Labute approximate surface area is 119 Å². The SMILES string of the molecule is Cc1ccc(CNC(=O)c2ccc(Br)cc2F)cc1. The molecule has 0 fully saturated rings. The molecule has 2 aromatic carbocycles. The van der Waals surface area contributed by atoms with Gasteiger partial charge < -0.3 is 5.32 Å². The Morgan fingerprint density at radius 1 is 1.21 bits per heavy atom. The van der Waals surface area contributed by atoms with E-state index in [2.05, 4.69) is 21.2 Å². The molecule has 0 aromatic heterocycles. The Morgan fingerprint density at radius 3 is 2.53 bits per heavy atom. The van der Waals surface area contributed by atoms with Crippen molar-refractivity contribution < 1.29 is 9.18 Å². The Hall–Kier alpha value is -1.68. The van der Waals surface area contributed by atoms with Gasteiger partial charge in [-0.2, -0.15) is 0 Å². The number of aryl methyl sites for hydroxylation is 1. The van der Waals surface area contributed by atoms with Crippen LogP contribution in [0.3, 0.4) is 0 Å². The molecule has 0 spiro atoms. The number of halogens is 2. The molecular weight excluding hydrogens is 309 g/mol. The van der Waals surface area contributed by atoms with Gasteiger partial charge in [-0.25, -0.2) is 4.39 Å². The molecule has 0 saturated heterocycles. The highest BCUT2D eigenvalue weighted by molar-refractivity contribution is 9.10. The van der Waals surface area contributed by atoms with Gasteiger partial charge in [0.1, 0.15) is 5.82 Å². The van der Waals surface area contributed by atoms with Crippen LogP contribution in [-0.4, -0.2) is 5.91 Å². The molecule has 2 aromatic rings. The Bertz CT molecular complexity index is 596. The first-order valence-corrected chi connectivity index (χ1v) is 6.64. The van der Waals surface area contributed by atoms with Crippen LogP contribution < -0.4 is 5.32 Å². The standard InChI is InChI=1S/C15H13BrFNO/c1-10-2-4-11(5-3-10)9-18-15(19)13-7-6-12(16)8-14(13)17/h2-8H,9H2,1H3,(H,18,19). The number of carbonyl (C=O) groups excluding carboxylic acids is 1. The number of benzene rings is 2. The number of amides is 1. The van der Waals surface area contributed by atoms with Gasteiger partial charge in [-0.3, -0.25) is 4.79 Å². The predicted octanol–water partition coefficient (Wildman–Crippen LogP) is 3.83. The Morgan fingerprint density at radius 2 is 1.89 bits per heavy atom. The van der Waals surface area contributed by atoms with E-state index in [1.165, 1.54) is 12.1 Å². The minimum absolute atomic E-state index is 0.0512. The van der Waals surface area contributed by atoms with Gasteiger partial charge in [0.2, 0.25) is 0 Å². The number of rotatable bonds is 3. The number of hydrogen-bond donors (Lipinski definition) is 1. The zero-order chi connectivity index (χ0) is 13.8. The van der Waals surface area contributed by atoms with Gasteiger partial charge in [-0.15, -0.1) is 0 Å². The molecule has 2 nitrogen and oxygen atoms in total. The first kappa shape index (κ1) is 13.7. The van der Waals surface area contributed by atoms with Crippen LogP contribution >= 0.6 is 15.9 Å². The quantitative estimate of drug-likeness (QED) is 0.914. The lowest BCUT2D eigenvalue weighted by Crippen LogP contribution is -2.23. The van der Waals surface area contributed by atoms with Gasteiger partial charge in [-0.1, -0.05) is 45.8 Å². The van der Waals surface area contributed by atoms with E-state index in [1.807, 2.05) is 31.2 Å². The topological polar surface area (TPSA) is 29.1 Å². The van der Waals surface area contributed by atoms with Crippen molar-refractivity contribution in [1.82, 2.24) is 5.32 Å². The van der Waals surface area contributed by atoms with E-state index in [9.17, 15) is 9.18 Å². The summed E-state index contributed by atoms with van der Waals surface area (Å²) in [4.78, 5) is 11.9. The van der Waals surface area contributed by atoms with Crippen LogP contribution in [0.2, 0.25) is 0 Å². The van der Waals surface area contributed by atoms with Crippen molar-refractivity contribution in [2.75, 3.05) is 0 Å². The predicted molar refractivity (Wildman–Crippen MR) is 76.4 cm³/mol. The summed E-state index contributed by atoms with van der Waals surface area (Å²) in [6, 6.07) is 12.2. The third-order valence-corrected chi connectivity index (χ3v) is 3.24. The fourth-order valence-corrected chi connectivity index (χ4v) is 1.99. The molecule has 2 rings (SSSR count). The van der Waals surface area contributed by atoms with Gasteiger partial charge in [-0.05, 0) is 30.7 Å². The third kappa shape index (κ3) is 3.64. The van der Waals surface area contributed by atoms with Crippen molar-refractivity contribution in [1.29, 1.82) is 0 Å². The van der Waals surface area contributed by atoms with Gasteiger partial charge in [0.25, 0.3) is 5.91 Å². The molecule has 0 saturated carbocycles. The lowest BCUT2D eigenvalue weighted by atomic mass is 10.1. The molecule has 0 atom stereocenters. The molecule has 4 heteroatoms. The second-order valence-electron chi connectivity index (χ2n) is 4.29.